The first kappa shape index (κ1) is 18.0. The first-order valence-electron chi connectivity index (χ1n) is 9.03. The predicted molar refractivity (Wildman–Crippen MR) is 89.3 cm³/mol. The molecule has 3 unspecified atom stereocenters. The van der Waals surface area contributed by atoms with Crippen molar-refractivity contribution in [2.75, 3.05) is 6.61 Å². The fourth-order valence-electron chi connectivity index (χ4n) is 4.11. The van der Waals surface area contributed by atoms with Crippen molar-refractivity contribution in [2.45, 2.75) is 76.6 Å². The Balaban J connectivity index is 1.80. The molecule has 3 aliphatic rings. The lowest BCUT2D eigenvalue weighted by atomic mass is 9.64. The van der Waals surface area contributed by atoms with Gasteiger partial charge in [-0.25, -0.2) is 4.79 Å². The second-order valence-corrected chi connectivity index (χ2v) is 8.64. The average molecular weight is 349 g/mol. The quantitative estimate of drug-likeness (QED) is 0.802. The summed E-state index contributed by atoms with van der Waals surface area (Å²) in [7, 11) is 0. The summed E-state index contributed by atoms with van der Waals surface area (Å²) in [5, 5.41) is 22.0. The monoisotopic (exact) mass is 349 g/mol. The molecule has 0 aromatic heterocycles. The van der Waals surface area contributed by atoms with E-state index in [1.54, 1.807) is 25.7 Å². The van der Waals surface area contributed by atoms with Crippen LogP contribution >= 0.6 is 0 Å². The fourth-order valence-corrected chi connectivity index (χ4v) is 4.11. The summed E-state index contributed by atoms with van der Waals surface area (Å²) in [6, 6.07) is 1.03. The standard InChI is InChI=1S/C18H27N3O4/c1-17(2,3)25-16(24)20-14(18(10-22)5-4-6-18)15(23)21-12(9-19)7-11-8-13(11)21/h11-14,22H,4-8,10H2,1-3H3,(H,20,24)/t11?,12-,13?,14?/m0/s1. The number of aliphatic hydroxyl groups excluding tert-OH is 1. The minimum atomic E-state index is -0.851. The molecule has 1 saturated heterocycles. The first-order chi connectivity index (χ1) is 11.7. The van der Waals surface area contributed by atoms with Crippen molar-refractivity contribution < 1.29 is 19.4 Å². The summed E-state index contributed by atoms with van der Waals surface area (Å²) < 4.78 is 5.31. The third-order valence-corrected chi connectivity index (χ3v) is 5.69. The van der Waals surface area contributed by atoms with Crippen molar-refractivity contribution in [3.63, 3.8) is 0 Å². The van der Waals surface area contributed by atoms with Gasteiger partial charge in [0.1, 0.15) is 17.7 Å². The average Bonchev–Trinajstić information content (AvgIpc) is 3.13. The van der Waals surface area contributed by atoms with Crippen molar-refractivity contribution in [1.29, 1.82) is 5.26 Å². The molecule has 3 rings (SSSR count). The van der Waals surface area contributed by atoms with E-state index in [0.29, 0.717) is 25.2 Å². The molecule has 0 aromatic carbocycles. The minimum Gasteiger partial charge on any atom is -0.444 e. The Morgan fingerprint density at radius 1 is 1.40 bits per heavy atom. The Hall–Kier alpha value is -1.81. The molecule has 0 bridgehead atoms. The summed E-state index contributed by atoms with van der Waals surface area (Å²) in [5.74, 6) is 0.151. The van der Waals surface area contributed by atoms with Crippen molar-refractivity contribution in [3.05, 3.63) is 0 Å². The highest BCUT2D eigenvalue weighted by atomic mass is 16.6. The van der Waals surface area contributed by atoms with Crippen molar-refractivity contribution in [1.82, 2.24) is 10.2 Å². The Bertz CT molecular complexity index is 597. The normalized spacial score (nSPS) is 30.5. The van der Waals surface area contributed by atoms with E-state index in [1.807, 2.05) is 0 Å². The van der Waals surface area contributed by atoms with Gasteiger partial charge in [-0.2, -0.15) is 5.26 Å². The van der Waals surface area contributed by atoms with E-state index in [-0.39, 0.29) is 18.6 Å². The molecule has 138 valence electrons. The highest BCUT2D eigenvalue weighted by molar-refractivity contribution is 5.88. The Morgan fingerprint density at radius 3 is 2.56 bits per heavy atom. The molecule has 2 saturated carbocycles. The third kappa shape index (κ3) is 3.32. The number of nitrogens with one attached hydrogen (secondary N) is 1. The fraction of sp³-hybridized carbons (Fsp3) is 0.833. The maximum absolute atomic E-state index is 13.2. The number of hydrogen-bond donors (Lipinski definition) is 2. The zero-order valence-electron chi connectivity index (χ0n) is 15.1. The van der Waals surface area contributed by atoms with Crippen LogP contribution in [0.4, 0.5) is 4.79 Å². The zero-order valence-corrected chi connectivity index (χ0v) is 15.1. The first-order valence-corrected chi connectivity index (χ1v) is 9.03. The van der Waals surface area contributed by atoms with Crippen LogP contribution in [0.2, 0.25) is 0 Å². The van der Waals surface area contributed by atoms with Crippen LogP contribution in [0.3, 0.4) is 0 Å². The smallest absolute Gasteiger partial charge is 0.408 e. The van der Waals surface area contributed by atoms with Crippen molar-refractivity contribution >= 4 is 12.0 Å². The zero-order chi connectivity index (χ0) is 18.4. The summed E-state index contributed by atoms with van der Waals surface area (Å²) in [6.45, 7) is 5.11. The van der Waals surface area contributed by atoms with Crippen molar-refractivity contribution in [3.8, 4) is 6.07 Å². The van der Waals surface area contributed by atoms with Gasteiger partial charge in [0.15, 0.2) is 0 Å². The number of rotatable bonds is 4. The number of carbonyl (C=O) groups is 2. The van der Waals surface area contributed by atoms with E-state index < -0.39 is 29.2 Å². The Labute approximate surface area is 148 Å². The molecule has 0 aromatic rings. The maximum atomic E-state index is 13.2. The van der Waals surface area contributed by atoms with Crippen LogP contribution < -0.4 is 5.32 Å². The van der Waals surface area contributed by atoms with Crippen LogP contribution in [0.25, 0.3) is 0 Å². The Kier molecular flexibility index (Phi) is 4.44. The number of nitrogens with zero attached hydrogens (tertiary/aromatic N) is 2. The van der Waals surface area contributed by atoms with Gasteiger partial charge >= 0.3 is 6.09 Å². The second kappa shape index (κ2) is 6.17. The number of amides is 2. The maximum Gasteiger partial charge on any atom is 0.408 e. The van der Waals surface area contributed by atoms with E-state index >= 15 is 0 Å². The lowest BCUT2D eigenvalue weighted by Crippen LogP contribution is -2.62. The molecule has 2 aliphatic carbocycles. The largest absolute Gasteiger partial charge is 0.444 e. The van der Waals surface area contributed by atoms with Crippen LogP contribution in [0.1, 0.15) is 52.9 Å². The van der Waals surface area contributed by atoms with Gasteiger partial charge in [0.05, 0.1) is 12.7 Å². The van der Waals surface area contributed by atoms with E-state index in [4.69, 9.17) is 4.74 Å². The van der Waals surface area contributed by atoms with Gasteiger partial charge in [-0.3, -0.25) is 4.79 Å². The molecule has 7 nitrogen and oxygen atoms in total. The Morgan fingerprint density at radius 2 is 2.08 bits per heavy atom. The SMILES string of the molecule is CC(C)(C)OC(=O)NC(C(=O)N1C2CC2C[C@H]1C#N)C1(CO)CCC1. The molecule has 2 N–H and O–H groups in total. The summed E-state index contributed by atoms with van der Waals surface area (Å²) in [5.41, 5.74) is -1.32. The molecule has 2 amide bonds. The van der Waals surface area contributed by atoms with Gasteiger partial charge in [-0.05, 0) is 52.4 Å². The number of aliphatic hydroxyl groups is 1. The van der Waals surface area contributed by atoms with Gasteiger partial charge in [0, 0.05) is 11.5 Å². The highest BCUT2D eigenvalue weighted by Crippen LogP contribution is 2.50. The number of hydrogen-bond acceptors (Lipinski definition) is 5. The lowest BCUT2D eigenvalue weighted by molar-refractivity contribution is -0.142. The highest BCUT2D eigenvalue weighted by Gasteiger charge is 2.58. The number of nitriles is 1. The van der Waals surface area contributed by atoms with Crippen LogP contribution in [-0.2, 0) is 9.53 Å². The van der Waals surface area contributed by atoms with Gasteiger partial charge in [-0.1, -0.05) is 6.42 Å². The number of fused-ring (bicyclic) bond motifs is 1. The molecule has 0 spiro atoms. The molecule has 1 heterocycles. The number of alkyl carbamates (subject to hydrolysis) is 1. The number of carbonyl (C=O) groups excluding carboxylic acids is 2. The molecular weight excluding hydrogens is 322 g/mol. The second-order valence-electron chi connectivity index (χ2n) is 8.64. The van der Waals surface area contributed by atoms with Gasteiger partial charge in [-0.15, -0.1) is 0 Å². The third-order valence-electron chi connectivity index (χ3n) is 5.69. The lowest BCUT2D eigenvalue weighted by Gasteiger charge is -2.47. The van der Waals surface area contributed by atoms with Crippen LogP contribution in [0, 0.1) is 22.7 Å². The number of piperidine rings is 1. The van der Waals surface area contributed by atoms with Crippen LogP contribution in [0.5, 0.6) is 0 Å². The number of ether oxygens (including phenoxy) is 1. The van der Waals surface area contributed by atoms with Gasteiger partial charge < -0.3 is 20.1 Å². The van der Waals surface area contributed by atoms with Crippen molar-refractivity contribution in [2.24, 2.45) is 11.3 Å². The molecule has 4 atom stereocenters. The van der Waals surface area contributed by atoms with Crippen LogP contribution in [0.15, 0.2) is 0 Å². The van der Waals surface area contributed by atoms with Crippen LogP contribution in [-0.4, -0.2) is 52.3 Å². The molecular formula is C18H27N3O4. The predicted octanol–water partition coefficient (Wildman–Crippen LogP) is 1.56. The topological polar surface area (TPSA) is 103 Å². The molecule has 7 heteroatoms. The molecule has 25 heavy (non-hydrogen) atoms. The summed E-state index contributed by atoms with van der Waals surface area (Å²) >= 11 is 0. The molecule has 3 fully saturated rings. The summed E-state index contributed by atoms with van der Waals surface area (Å²) in [6.07, 6.45) is 3.23. The van der Waals surface area contributed by atoms with E-state index in [1.165, 1.54) is 0 Å². The molecule has 0 radical (unpaired) electrons. The van der Waals surface area contributed by atoms with Gasteiger partial charge in [0.2, 0.25) is 5.91 Å². The van der Waals surface area contributed by atoms with E-state index in [2.05, 4.69) is 11.4 Å². The van der Waals surface area contributed by atoms with E-state index in [0.717, 1.165) is 12.8 Å². The summed E-state index contributed by atoms with van der Waals surface area (Å²) in [4.78, 5) is 27.2. The minimum absolute atomic E-state index is 0.107. The van der Waals surface area contributed by atoms with E-state index in [9.17, 15) is 20.0 Å². The van der Waals surface area contributed by atoms with Gasteiger partial charge in [0.25, 0.3) is 0 Å². The number of likely N-dealkylation sites (tertiary alicyclic amines) is 1. The molecule has 1 aliphatic heterocycles.